The second-order valence-electron chi connectivity index (χ2n) is 5.34. The van der Waals surface area contributed by atoms with Gasteiger partial charge in [-0.05, 0) is 55.8 Å². The second-order valence-corrected chi connectivity index (χ2v) is 5.34. The van der Waals surface area contributed by atoms with Crippen LogP contribution in [0.5, 0.6) is 0 Å². The maximum atomic E-state index is 6.20. The first-order valence-electron chi connectivity index (χ1n) is 5.58. The average Bonchev–Trinajstić information content (AvgIpc) is 2.01. The first kappa shape index (κ1) is 7.37. The Labute approximate surface area is 74.7 Å². The molecule has 0 aromatic rings. The smallest absolute Gasteiger partial charge is 0.00724 e. The summed E-state index contributed by atoms with van der Waals surface area (Å²) in [5.41, 5.74) is 6.20. The van der Waals surface area contributed by atoms with E-state index in [-0.39, 0.29) is 0 Å². The Bertz CT molecular complexity index is 181. The SMILES string of the molecule is NC1CC2CC3CCC1C(C3)C2. The summed E-state index contributed by atoms with van der Waals surface area (Å²) in [7, 11) is 0. The maximum Gasteiger partial charge on any atom is 0.00724 e. The molecule has 3 bridgehead atoms. The van der Waals surface area contributed by atoms with Crippen LogP contribution in [0.15, 0.2) is 0 Å². The minimum Gasteiger partial charge on any atom is -0.327 e. The molecule has 1 nitrogen and oxygen atoms in total. The van der Waals surface area contributed by atoms with Gasteiger partial charge in [0.15, 0.2) is 0 Å². The monoisotopic (exact) mass is 165 g/mol. The lowest BCUT2D eigenvalue weighted by atomic mass is 9.56. The van der Waals surface area contributed by atoms with Crippen LogP contribution in [0.3, 0.4) is 0 Å². The molecule has 0 heterocycles. The zero-order chi connectivity index (χ0) is 8.13. The van der Waals surface area contributed by atoms with Gasteiger partial charge >= 0.3 is 0 Å². The number of fused-ring (bicyclic) bond motifs is 2. The molecular weight excluding hydrogens is 146 g/mol. The van der Waals surface area contributed by atoms with E-state index in [0.29, 0.717) is 6.04 Å². The highest BCUT2D eigenvalue weighted by Crippen LogP contribution is 2.51. The molecule has 0 aliphatic heterocycles. The molecule has 5 unspecified atom stereocenters. The van der Waals surface area contributed by atoms with Crippen LogP contribution in [0.4, 0.5) is 0 Å². The number of nitrogens with two attached hydrogens (primary N) is 1. The summed E-state index contributed by atoms with van der Waals surface area (Å²) in [6.45, 7) is 0. The van der Waals surface area contributed by atoms with Crippen molar-refractivity contribution in [2.75, 3.05) is 0 Å². The molecule has 68 valence electrons. The third-order valence-corrected chi connectivity index (χ3v) is 4.61. The summed E-state index contributed by atoms with van der Waals surface area (Å²) in [4.78, 5) is 0. The van der Waals surface area contributed by atoms with Crippen molar-refractivity contribution in [3.8, 4) is 0 Å². The first-order chi connectivity index (χ1) is 5.83. The summed E-state index contributed by atoms with van der Waals surface area (Å²) in [5.74, 6) is 4.06. The molecule has 0 radical (unpaired) electrons. The molecule has 5 atom stereocenters. The van der Waals surface area contributed by atoms with Crippen molar-refractivity contribution in [2.24, 2.45) is 29.4 Å². The van der Waals surface area contributed by atoms with Gasteiger partial charge in [0.1, 0.15) is 0 Å². The van der Waals surface area contributed by atoms with E-state index in [1.807, 2.05) is 0 Å². The van der Waals surface area contributed by atoms with E-state index in [1.54, 1.807) is 0 Å². The number of rotatable bonds is 0. The lowest BCUT2D eigenvalue weighted by molar-refractivity contribution is 0.0175. The molecule has 12 heavy (non-hydrogen) atoms. The third-order valence-electron chi connectivity index (χ3n) is 4.61. The Morgan fingerprint density at radius 1 is 0.833 bits per heavy atom. The molecule has 3 aliphatic rings. The van der Waals surface area contributed by atoms with Crippen molar-refractivity contribution in [1.82, 2.24) is 0 Å². The van der Waals surface area contributed by atoms with Gasteiger partial charge in [-0.1, -0.05) is 6.42 Å². The van der Waals surface area contributed by atoms with E-state index in [2.05, 4.69) is 0 Å². The minimum absolute atomic E-state index is 0.565. The van der Waals surface area contributed by atoms with Crippen LogP contribution in [-0.4, -0.2) is 6.04 Å². The van der Waals surface area contributed by atoms with Crippen LogP contribution in [0.2, 0.25) is 0 Å². The average molecular weight is 165 g/mol. The molecule has 2 N–H and O–H groups in total. The van der Waals surface area contributed by atoms with Crippen molar-refractivity contribution in [2.45, 2.75) is 44.6 Å². The normalized spacial score (nSPS) is 57.2. The fourth-order valence-electron chi connectivity index (χ4n) is 4.18. The van der Waals surface area contributed by atoms with E-state index >= 15 is 0 Å². The molecule has 0 saturated heterocycles. The lowest BCUT2D eigenvalue weighted by Gasteiger charge is -2.51. The van der Waals surface area contributed by atoms with Crippen molar-refractivity contribution in [3.05, 3.63) is 0 Å². The molecule has 3 saturated carbocycles. The molecule has 0 aromatic carbocycles. The van der Waals surface area contributed by atoms with Gasteiger partial charge in [0.25, 0.3) is 0 Å². The Morgan fingerprint density at radius 2 is 1.67 bits per heavy atom. The van der Waals surface area contributed by atoms with Gasteiger partial charge in [0.05, 0.1) is 0 Å². The van der Waals surface area contributed by atoms with E-state index in [0.717, 1.165) is 23.7 Å². The van der Waals surface area contributed by atoms with Crippen LogP contribution in [0, 0.1) is 23.7 Å². The summed E-state index contributed by atoms with van der Waals surface area (Å²) in [6, 6.07) is 0.565. The highest BCUT2D eigenvalue weighted by Gasteiger charge is 2.44. The summed E-state index contributed by atoms with van der Waals surface area (Å²) in [5, 5.41) is 0. The van der Waals surface area contributed by atoms with Gasteiger partial charge in [-0.3, -0.25) is 0 Å². The zero-order valence-corrected chi connectivity index (χ0v) is 7.71. The Morgan fingerprint density at radius 3 is 2.58 bits per heavy atom. The van der Waals surface area contributed by atoms with E-state index in [1.165, 1.54) is 38.5 Å². The standard InChI is InChI=1S/C11H19N/c12-11-6-8-3-7-1-2-10(11)9(4-7)5-8/h7-11H,1-6,12H2. The van der Waals surface area contributed by atoms with Crippen molar-refractivity contribution >= 4 is 0 Å². The van der Waals surface area contributed by atoms with Crippen molar-refractivity contribution in [3.63, 3.8) is 0 Å². The predicted molar refractivity (Wildman–Crippen MR) is 49.6 cm³/mol. The lowest BCUT2D eigenvalue weighted by Crippen LogP contribution is -2.48. The predicted octanol–water partition coefficient (Wildman–Crippen LogP) is 2.16. The van der Waals surface area contributed by atoms with Gasteiger partial charge in [-0.15, -0.1) is 0 Å². The fourth-order valence-corrected chi connectivity index (χ4v) is 4.18. The van der Waals surface area contributed by atoms with Gasteiger partial charge in [0.2, 0.25) is 0 Å². The van der Waals surface area contributed by atoms with Crippen LogP contribution >= 0.6 is 0 Å². The Balaban J connectivity index is 1.89. The van der Waals surface area contributed by atoms with Crippen molar-refractivity contribution in [1.29, 1.82) is 0 Å². The molecule has 0 aromatic heterocycles. The Kier molecular flexibility index (Phi) is 1.52. The molecule has 0 spiro atoms. The highest BCUT2D eigenvalue weighted by atomic mass is 14.7. The molecule has 1 heteroatoms. The molecular formula is C11H19N. The minimum atomic E-state index is 0.565. The fraction of sp³-hybridized carbons (Fsp3) is 1.00. The highest BCUT2D eigenvalue weighted by molar-refractivity contribution is 4.97. The maximum absolute atomic E-state index is 6.20. The van der Waals surface area contributed by atoms with E-state index in [4.69, 9.17) is 5.73 Å². The largest absolute Gasteiger partial charge is 0.327 e. The third kappa shape index (κ3) is 0.953. The molecule has 3 aliphatic carbocycles. The number of hydrogen-bond donors (Lipinski definition) is 1. The second kappa shape index (κ2) is 2.47. The van der Waals surface area contributed by atoms with Crippen LogP contribution in [-0.2, 0) is 0 Å². The summed E-state index contributed by atoms with van der Waals surface area (Å²) < 4.78 is 0. The first-order valence-corrected chi connectivity index (χ1v) is 5.58. The van der Waals surface area contributed by atoms with Crippen LogP contribution < -0.4 is 5.73 Å². The van der Waals surface area contributed by atoms with E-state index < -0.39 is 0 Å². The molecule has 3 fully saturated rings. The molecule has 0 amide bonds. The van der Waals surface area contributed by atoms with E-state index in [9.17, 15) is 0 Å². The van der Waals surface area contributed by atoms with Gasteiger partial charge < -0.3 is 5.73 Å². The topological polar surface area (TPSA) is 26.0 Å². The summed E-state index contributed by atoms with van der Waals surface area (Å²) in [6.07, 6.45) is 8.84. The van der Waals surface area contributed by atoms with Crippen LogP contribution in [0.25, 0.3) is 0 Å². The van der Waals surface area contributed by atoms with Crippen LogP contribution in [0.1, 0.15) is 38.5 Å². The van der Waals surface area contributed by atoms with Crippen molar-refractivity contribution < 1.29 is 0 Å². The zero-order valence-electron chi connectivity index (χ0n) is 7.71. The van der Waals surface area contributed by atoms with Gasteiger partial charge in [-0.2, -0.15) is 0 Å². The quantitative estimate of drug-likeness (QED) is 0.585. The van der Waals surface area contributed by atoms with Gasteiger partial charge in [0, 0.05) is 6.04 Å². The number of hydrogen-bond acceptors (Lipinski definition) is 1. The molecule has 3 rings (SSSR count). The Hall–Kier alpha value is -0.0400. The summed E-state index contributed by atoms with van der Waals surface area (Å²) >= 11 is 0. The van der Waals surface area contributed by atoms with Gasteiger partial charge in [-0.25, -0.2) is 0 Å².